The fourth-order valence-electron chi connectivity index (χ4n) is 1.92. The molecule has 2 aromatic rings. The summed E-state index contributed by atoms with van der Waals surface area (Å²) in [6.07, 6.45) is 5.68. The van der Waals surface area contributed by atoms with Gasteiger partial charge in [-0.3, -0.25) is 0 Å². The average molecular weight is 281 g/mol. The molecule has 100 valence electrons. The van der Waals surface area contributed by atoms with Crippen molar-refractivity contribution in [1.82, 2.24) is 4.98 Å². The van der Waals surface area contributed by atoms with E-state index in [1.165, 1.54) is 11.3 Å². The number of nitriles is 1. The van der Waals surface area contributed by atoms with E-state index in [9.17, 15) is 0 Å². The molecule has 0 spiro atoms. The van der Waals surface area contributed by atoms with Gasteiger partial charge in [0.2, 0.25) is 0 Å². The van der Waals surface area contributed by atoms with E-state index in [1.807, 2.05) is 24.3 Å². The lowest BCUT2D eigenvalue weighted by molar-refractivity contribution is 1.31. The number of aromatic nitrogens is 1. The Balaban J connectivity index is 2.53. The molecule has 0 saturated carbocycles. The van der Waals surface area contributed by atoms with Crippen LogP contribution in [0.15, 0.2) is 36.9 Å². The molecular formula is C16H15N3S. The molecular weight excluding hydrogens is 266 g/mol. The van der Waals surface area contributed by atoms with Gasteiger partial charge in [0.05, 0.1) is 0 Å². The smallest absolute Gasteiger partial charge is 0.175 e. The van der Waals surface area contributed by atoms with Crippen LogP contribution in [-0.2, 0) is 0 Å². The lowest BCUT2D eigenvalue weighted by Gasteiger charge is -2.05. The van der Waals surface area contributed by atoms with Gasteiger partial charge in [0.1, 0.15) is 16.1 Å². The summed E-state index contributed by atoms with van der Waals surface area (Å²) in [6.45, 7) is 5.74. The van der Waals surface area contributed by atoms with Crippen LogP contribution >= 0.6 is 11.3 Å². The first-order chi connectivity index (χ1) is 9.71. The van der Waals surface area contributed by atoms with Crippen molar-refractivity contribution >= 4 is 22.4 Å². The summed E-state index contributed by atoms with van der Waals surface area (Å²) in [5.74, 6) is 0. The summed E-state index contributed by atoms with van der Waals surface area (Å²) in [4.78, 5) is 4.40. The summed E-state index contributed by atoms with van der Waals surface area (Å²) in [7, 11) is 1.80. The van der Waals surface area contributed by atoms with E-state index in [-0.39, 0.29) is 0 Å². The Kier molecular flexibility index (Phi) is 4.34. The highest BCUT2D eigenvalue weighted by atomic mass is 32.1. The van der Waals surface area contributed by atoms with Crippen molar-refractivity contribution in [3.63, 3.8) is 0 Å². The lowest BCUT2D eigenvalue weighted by Crippen LogP contribution is -1.87. The van der Waals surface area contributed by atoms with E-state index in [0.717, 1.165) is 26.7 Å². The highest BCUT2D eigenvalue weighted by molar-refractivity contribution is 7.19. The van der Waals surface area contributed by atoms with Gasteiger partial charge in [-0.1, -0.05) is 54.3 Å². The quantitative estimate of drug-likeness (QED) is 0.853. The van der Waals surface area contributed by atoms with E-state index in [1.54, 1.807) is 13.1 Å². The van der Waals surface area contributed by atoms with Crippen LogP contribution in [0.2, 0.25) is 0 Å². The number of hydrogen-bond donors (Lipinski definition) is 1. The molecule has 4 heteroatoms. The van der Waals surface area contributed by atoms with E-state index in [0.29, 0.717) is 5.69 Å². The monoisotopic (exact) mass is 281 g/mol. The van der Waals surface area contributed by atoms with Crippen LogP contribution in [0, 0.1) is 18.3 Å². The maximum atomic E-state index is 9.08. The highest BCUT2D eigenvalue weighted by Crippen LogP contribution is 2.34. The molecule has 0 fully saturated rings. The second kappa shape index (κ2) is 6.18. The number of anilines is 1. The second-order valence-electron chi connectivity index (χ2n) is 4.17. The Bertz CT molecular complexity index is 705. The van der Waals surface area contributed by atoms with Crippen LogP contribution < -0.4 is 5.32 Å². The predicted molar refractivity (Wildman–Crippen MR) is 85.8 cm³/mol. The number of allylic oxidation sites excluding steroid dienone is 2. The minimum Gasteiger partial charge on any atom is -0.378 e. The third-order valence-electron chi connectivity index (χ3n) is 2.98. The molecule has 1 N–H and O–H groups in total. The zero-order chi connectivity index (χ0) is 14.5. The van der Waals surface area contributed by atoms with Crippen molar-refractivity contribution in [2.24, 2.45) is 0 Å². The maximum Gasteiger partial charge on any atom is 0.175 e. The topological polar surface area (TPSA) is 48.7 Å². The minimum absolute atomic E-state index is 0.443. The molecule has 0 aliphatic rings. The molecule has 0 atom stereocenters. The van der Waals surface area contributed by atoms with Crippen LogP contribution in [0.25, 0.3) is 16.6 Å². The first-order valence-electron chi connectivity index (χ1n) is 6.19. The lowest BCUT2D eigenvalue weighted by atomic mass is 10.0. The van der Waals surface area contributed by atoms with Gasteiger partial charge in [0.15, 0.2) is 5.69 Å². The summed E-state index contributed by atoms with van der Waals surface area (Å²) in [5, 5.41) is 13.8. The zero-order valence-electron chi connectivity index (χ0n) is 11.5. The molecule has 0 radical (unpaired) electrons. The predicted octanol–water partition coefficient (Wildman–Crippen LogP) is 4.23. The van der Waals surface area contributed by atoms with Crippen molar-refractivity contribution in [2.45, 2.75) is 6.92 Å². The van der Waals surface area contributed by atoms with Crippen LogP contribution in [-0.4, -0.2) is 12.0 Å². The Morgan fingerprint density at radius 2 is 2.25 bits per heavy atom. The minimum atomic E-state index is 0.443. The van der Waals surface area contributed by atoms with Gasteiger partial charge < -0.3 is 5.32 Å². The van der Waals surface area contributed by atoms with Crippen LogP contribution in [0.4, 0.5) is 5.00 Å². The Morgan fingerprint density at radius 1 is 1.45 bits per heavy atom. The zero-order valence-corrected chi connectivity index (χ0v) is 12.3. The third kappa shape index (κ3) is 2.63. The van der Waals surface area contributed by atoms with E-state index in [2.05, 4.69) is 35.9 Å². The van der Waals surface area contributed by atoms with E-state index in [4.69, 9.17) is 5.26 Å². The molecule has 0 aliphatic heterocycles. The molecule has 1 aromatic heterocycles. The number of nitrogens with one attached hydrogen (secondary N) is 1. The molecule has 0 aliphatic carbocycles. The fraction of sp³-hybridized carbons (Fsp3) is 0.125. The van der Waals surface area contributed by atoms with Gasteiger partial charge in [-0.05, 0) is 18.1 Å². The molecule has 1 heterocycles. The molecule has 0 bridgehead atoms. The Hall–Kier alpha value is -2.38. The number of rotatable bonds is 4. The fourth-order valence-corrected chi connectivity index (χ4v) is 2.87. The Labute approximate surface area is 122 Å². The molecule has 3 nitrogen and oxygen atoms in total. The summed E-state index contributed by atoms with van der Waals surface area (Å²) < 4.78 is 0. The SMILES string of the molecule is C=C/C=C\c1cccc(-c2nc(C#N)c(NC)s2)c1C. The van der Waals surface area contributed by atoms with Crippen LogP contribution in [0.3, 0.4) is 0 Å². The van der Waals surface area contributed by atoms with Gasteiger partial charge in [-0.15, -0.1) is 0 Å². The van der Waals surface area contributed by atoms with E-state index >= 15 is 0 Å². The molecule has 0 unspecified atom stereocenters. The normalized spacial score (nSPS) is 10.4. The largest absolute Gasteiger partial charge is 0.378 e. The van der Waals surface area contributed by atoms with Crippen molar-refractivity contribution < 1.29 is 0 Å². The highest BCUT2D eigenvalue weighted by Gasteiger charge is 2.13. The van der Waals surface area contributed by atoms with Crippen molar-refractivity contribution in [3.05, 3.63) is 53.8 Å². The van der Waals surface area contributed by atoms with Crippen molar-refractivity contribution in [3.8, 4) is 16.6 Å². The number of thiazole rings is 1. The van der Waals surface area contributed by atoms with Crippen LogP contribution in [0.5, 0.6) is 0 Å². The first-order valence-corrected chi connectivity index (χ1v) is 7.00. The Morgan fingerprint density at radius 3 is 2.85 bits per heavy atom. The molecule has 0 saturated heterocycles. The molecule has 1 aromatic carbocycles. The third-order valence-corrected chi connectivity index (χ3v) is 4.08. The summed E-state index contributed by atoms with van der Waals surface area (Å²) in [6, 6.07) is 8.19. The number of hydrogen-bond acceptors (Lipinski definition) is 4. The first kappa shape index (κ1) is 14.0. The van der Waals surface area contributed by atoms with Crippen molar-refractivity contribution in [1.29, 1.82) is 5.26 Å². The van der Waals surface area contributed by atoms with Crippen LogP contribution in [0.1, 0.15) is 16.8 Å². The van der Waals surface area contributed by atoms with E-state index < -0.39 is 0 Å². The maximum absolute atomic E-state index is 9.08. The molecule has 20 heavy (non-hydrogen) atoms. The average Bonchev–Trinajstić information content (AvgIpc) is 2.89. The standard InChI is InChI=1S/C16H15N3S/c1-4-5-7-12-8-6-9-13(11(12)2)15-19-14(10-17)16(18-3)20-15/h4-9,18H,1H2,2-3H3/b7-5-. The molecule has 2 rings (SSSR count). The van der Waals surface area contributed by atoms with Gasteiger partial charge >= 0.3 is 0 Å². The van der Waals surface area contributed by atoms with Gasteiger partial charge in [-0.25, -0.2) is 4.98 Å². The number of benzene rings is 1. The summed E-state index contributed by atoms with van der Waals surface area (Å²) >= 11 is 1.49. The molecule has 0 amide bonds. The van der Waals surface area contributed by atoms with Gasteiger partial charge in [0.25, 0.3) is 0 Å². The van der Waals surface area contributed by atoms with Crippen molar-refractivity contribution in [2.75, 3.05) is 12.4 Å². The summed E-state index contributed by atoms with van der Waals surface area (Å²) in [5.41, 5.74) is 3.77. The van der Waals surface area contributed by atoms with Gasteiger partial charge in [0, 0.05) is 12.6 Å². The van der Waals surface area contributed by atoms with Gasteiger partial charge in [-0.2, -0.15) is 5.26 Å². The second-order valence-corrected chi connectivity index (χ2v) is 5.17. The number of nitrogens with zero attached hydrogens (tertiary/aromatic N) is 2.